The summed E-state index contributed by atoms with van der Waals surface area (Å²) in [6.07, 6.45) is 1.73. The van der Waals surface area contributed by atoms with Crippen LogP contribution in [-0.4, -0.2) is 27.2 Å². The third-order valence-corrected chi connectivity index (χ3v) is 3.31. The fourth-order valence-electron chi connectivity index (χ4n) is 2.45. The molecule has 6 nitrogen and oxygen atoms in total. The Labute approximate surface area is 123 Å². The first kappa shape index (κ1) is 15.2. The zero-order valence-electron chi connectivity index (χ0n) is 12.3. The van der Waals surface area contributed by atoms with Gasteiger partial charge < -0.3 is 10.4 Å². The fourth-order valence-corrected chi connectivity index (χ4v) is 2.45. The van der Waals surface area contributed by atoms with E-state index >= 15 is 0 Å². The normalized spacial score (nSPS) is 13.9. The molecule has 0 aliphatic carbocycles. The molecular weight excluding hydrogens is 270 g/mol. The Balaban J connectivity index is 2.47. The van der Waals surface area contributed by atoms with E-state index in [0.29, 0.717) is 11.8 Å². The first-order chi connectivity index (χ1) is 9.88. The van der Waals surface area contributed by atoms with Gasteiger partial charge in [0.05, 0.1) is 16.4 Å². The largest absolute Gasteiger partial charge is 0.393 e. The lowest BCUT2D eigenvalue weighted by Gasteiger charge is -2.18. The first-order valence-corrected chi connectivity index (χ1v) is 6.87. The minimum atomic E-state index is -0.403. The third-order valence-electron chi connectivity index (χ3n) is 3.31. The second-order valence-corrected chi connectivity index (χ2v) is 5.39. The van der Waals surface area contributed by atoms with Crippen molar-refractivity contribution in [3.63, 3.8) is 0 Å². The highest BCUT2D eigenvalue weighted by Gasteiger charge is 2.16. The Kier molecular flexibility index (Phi) is 4.37. The molecule has 0 spiro atoms. The van der Waals surface area contributed by atoms with E-state index in [0.717, 1.165) is 16.8 Å². The van der Waals surface area contributed by atoms with Crippen molar-refractivity contribution in [2.75, 3.05) is 5.32 Å². The maximum atomic E-state index is 11.1. The number of nitrogens with zero attached hydrogens (tertiary/aromatic N) is 2. The number of aryl methyl sites for hydroxylation is 1. The van der Waals surface area contributed by atoms with Gasteiger partial charge in [0.25, 0.3) is 5.69 Å². The molecule has 21 heavy (non-hydrogen) atoms. The average molecular weight is 289 g/mol. The van der Waals surface area contributed by atoms with Gasteiger partial charge >= 0.3 is 0 Å². The van der Waals surface area contributed by atoms with Crippen LogP contribution in [-0.2, 0) is 0 Å². The van der Waals surface area contributed by atoms with Crippen LogP contribution in [0.25, 0.3) is 10.8 Å². The van der Waals surface area contributed by atoms with Gasteiger partial charge in [-0.3, -0.25) is 15.1 Å². The van der Waals surface area contributed by atoms with Crippen molar-refractivity contribution in [2.24, 2.45) is 0 Å². The molecule has 1 aromatic carbocycles. The number of nitro groups is 1. The van der Waals surface area contributed by atoms with Gasteiger partial charge in [-0.1, -0.05) is 0 Å². The Morgan fingerprint density at radius 1 is 1.38 bits per heavy atom. The number of anilines is 1. The van der Waals surface area contributed by atoms with Gasteiger partial charge in [0.1, 0.15) is 0 Å². The maximum Gasteiger partial charge on any atom is 0.278 e. The van der Waals surface area contributed by atoms with Crippen LogP contribution in [0.5, 0.6) is 0 Å². The highest BCUT2D eigenvalue weighted by molar-refractivity contribution is 5.99. The van der Waals surface area contributed by atoms with Crippen LogP contribution in [0.2, 0.25) is 0 Å². The average Bonchev–Trinajstić information content (AvgIpc) is 2.37. The molecule has 1 heterocycles. The summed E-state index contributed by atoms with van der Waals surface area (Å²) in [5.74, 6) is 0. The van der Waals surface area contributed by atoms with Crippen molar-refractivity contribution in [2.45, 2.75) is 39.3 Å². The van der Waals surface area contributed by atoms with Crippen LogP contribution in [0, 0.1) is 17.0 Å². The van der Waals surface area contributed by atoms with Crippen LogP contribution in [0.4, 0.5) is 11.4 Å². The topological polar surface area (TPSA) is 88.3 Å². The quantitative estimate of drug-likeness (QED) is 0.652. The number of non-ortho nitro benzene ring substituents is 1. The first-order valence-electron chi connectivity index (χ1n) is 6.87. The standard InChI is InChI=1S/C15H19N3O3/c1-9-7-12-13(8-16-9)15(18(20)21)5-4-14(12)17-10(2)6-11(3)19/h4-5,7-8,10-11,17,19H,6H2,1-3H3. The predicted molar refractivity (Wildman–Crippen MR) is 82.5 cm³/mol. The van der Waals surface area contributed by atoms with E-state index in [1.807, 2.05) is 19.9 Å². The highest BCUT2D eigenvalue weighted by Crippen LogP contribution is 2.32. The van der Waals surface area contributed by atoms with Gasteiger partial charge in [-0.05, 0) is 39.3 Å². The van der Waals surface area contributed by atoms with Crippen molar-refractivity contribution in [3.8, 4) is 0 Å². The van der Waals surface area contributed by atoms with Gasteiger partial charge in [-0.25, -0.2) is 0 Å². The Bertz CT molecular complexity index is 671. The Hall–Kier alpha value is -2.21. The minimum absolute atomic E-state index is 0.0474. The number of nitrogens with one attached hydrogen (secondary N) is 1. The monoisotopic (exact) mass is 289 g/mol. The Morgan fingerprint density at radius 2 is 2.10 bits per heavy atom. The van der Waals surface area contributed by atoms with E-state index < -0.39 is 11.0 Å². The van der Waals surface area contributed by atoms with Gasteiger partial charge in [-0.15, -0.1) is 0 Å². The van der Waals surface area contributed by atoms with E-state index in [2.05, 4.69) is 10.3 Å². The van der Waals surface area contributed by atoms with Crippen LogP contribution in [0.1, 0.15) is 26.0 Å². The molecule has 0 saturated heterocycles. The number of aliphatic hydroxyl groups excluding tert-OH is 1. The molecule has 0 aliphatic rings. The molecule has 0 bridgehead atoms. The number of aromatic nitrogens is 1. The number of pyridine rings is 1. The number of fused-ring (bicyclic) bond motifs is 1. The molecule has 112 valence electrons. The Morgan fingerprint density at radius 3 is 2.71 bits per heavy atom. The summed E-state index contributed by atoms with van der Waals surface area (Å²) in [6, 6.07) is 5.08. The SMILES string of the molecule is Cc1cc2c(NC(C)CC(C)O)ccc([N+](=O)[O-])c2cn1. The third kappa shape index (κ3) is 3.46. The molecule has 1 aromatic heterocycles. The predicted octanol–water partition coefficient (Wildman–Crippen LogP) is 3.02. The lowest BCUT2D eigenvalue weighted by atomic mass is 10.1. The molecule has 0 amide bonds. The van der Waals surface area contributed by atoms with Crippen molar-refractivity contribution in [1.29, 1.82) is 0 Å². The molecule has 0 radical (unpaired) electrons. The van der Waals surface area contributed by atoms with E-state index in [4.69, 9.17) is 0 Å². The molecule has 2 aromatic rings. The van der Waals surface area contributed by atoms with Crippen molar-refractivity contribution < 1.29 is 10.0 Å². The molecule has 2 N–H and O–H groups in total. The number of hydrogen-bond acceptors (Lipinski definition) is 5. The highest BCUT2D eigenvalue weighted by atomic mass is 16.6. The van der Waals surface area contributed by atoms with E-state index in [-0.39, 0.29) is 11.7 Å². The van der Waals surface area contributed by atoms with Gasteiger partial charge in [0.15, 0.2) is 0 Å². The van der Waals surface area contributed by atoms with Crippen molar-refractivity contribution in [3.05, 3.63) is 40.2 Å². The molecule has 2 rings (SSSR count). The van der Waals surface area contributed by atoms with E-state index in [9.17, 15) is 15.2 Å². The maximum absolute atomic E-state index is 11.1. The van der Waals surface area contributed by atoms with Crippen LogP contribution >= 0.6 is 0 Å². The summed E-state index contributed by atoms with van der Waals surface area (Å²) in [5.41, 5.74) is 1.66. The number of aliphatic hydroxyl groups is 1. The lowest BCUT2D eigenvalue weighted by Crippen LogP contribution is -2.20. The lowest BCUT2D eigenvalue weighted by molar-refractivity contribution is -0.383. The fraction of sp³-hybridized carbons (Fsp3) is 0.400. The molecule has 0 aliphatic heterocycles. The van der Waals surface area contributed by atoms with E-state index in [1.54, 1.807) is 13.0 Å². The number of rotatable bonds is 5. The van der Waals surface area contributed by atoms with Crippen molar-refractivity contribution >= 4 is 22.1 Å². The second kappa shape index (κ2) is 6.05. The van der Waals surface area contributed by atoms with Gasteiger partial charge in [0, 0.05) is 35.1 Å². The summed E-state index contributed by atoms with van der Waals surface area (Å²) in [5, 5.41) is 25.1. The number of nitro benzene ring substituents is 1. The summed E-state index contributed by atoms with van der Waals surface area (Å²) in [7, 11) is 0. The zero-order chi connectivity index (χ0) is 15.6. The minimum Gasteiger partial charge on any atom is -0.393 e. The van der Waals surface area contributed by atoms with Gasteiger partial charge in [0.2, 0.25) is 0 Å². The van der Waals surface area contributed by atoms with Crippen LogP contribution in [0.15, 0.2) is 24.4 Å². The number of benzene rings is 1. The summed E-state index contributed by atoms with van der Waals surface area (Å²) in [4.78, 5) is 14.8. The zero-order valence-corrected chi connectivity index (χ0v) is 12.3. The van der Waals surface area contributed by atoms with Crippen molar-refractivity contribution in [1.82, 2.24) is 4.98 Å². The molecular formula is C15H19N3O3. The van der Waals surface area contributed by atoms with Crippen LogP contribution in [0.3, 0.4) is 0 Å². The summed E-state index contributed by atoms with van der Waals surface area (Å²) in [6.45, 7) is 5.55. The molecule has 0 saturated carbocycles. The van der Waals surface area contributed by atoms with E-state index in [1.165, 1.54) is 12.3 Å². The molecule has 0 fully saturated rings. The smallest absolute Gasteiger partial charge is 0.278 e. The van der Waals surface area contributed by atoms with Gasteiger partial charge in [-0.2, -0.15) is 0 Å². The summed E-state index contributed by atoms with van der Waals surface area (Å²) >= 11 is 0. The molecule has 2 atom stereocenters. The van der Waals surface area contributed by atoms with Crippen LogP contribution < -0.4 is 5.32 Å². The summed E-state index contributed by atoms with van der Waals surface area (Å²) < 4.78 is 0. The second-order valence-electron chi connectivity index (χ2n) is 5.39. The molecule has 6 heteroatoms. The molecule has 2 unspecified atom stereocenters. The number of hydrogen-bond donors (Lipinski definition) is 2.